The molecule has 9 heteroatoms. The number of aliphatic hydroxyl groups is 1. The maximum atomic E-state index is 12.0. The van der Waals surface area contributed by atoms with E-state index in [2.05, 4.69) is 0 Å². The molecule has 1 aromatic carbocycles. The Kier molecular flexibility index (Phi) is 4.50. The first-order valence-corrected chi connectivity index (χ1v) is 7.26. The van der Waals surface area contributed by atoms with Crippen LogP contribution in [0.2, 0.25) is 5.02 Å². The van der Waals surface area contributed by atoms with Gasteiger partial charge >= 0.3 is 0 Å². The molecule has 1 N–H and O–H groups in total. The minimum atomic E-state index is -1.32. The number of hydrogen-bond acceptors (Lipinski definition) is 6. The van der Waals surface area contributed by atoms with E-state index in [-0.39, 0.29) is 22.8 Å². The molecule has 2 amide bonds. The van der Waals surface area contributed by atoms with Crippen LogP contribution in [0.25, 0.3) is 0 Å². The fraction of sp³-hybridized carbons (Fsp3) is 0.333. The number of nitro groups is 1. The molecule has 1 aromatic rings. The second kappa shape index (κ2) is 6.00. The molecule has 1 aliphatic heterocycles. The van der Waals surface area contributed by atoms with Gasteiger partial charge in [-0.3, -0.25) is 24.6 Å². The van der Waals surface area contributed by atoms with Gasteiger partial charge in [0.2, 0.25) is 5.91 Å². The highest BCUT2D eigenvalue weighted by molar-refractivity contribution is 8.15. The third kappa shape index (κ3) is 2.87. The molecule has 2 rings (SSSR count). The number of nitro benzene ring substituents is 1. The third-order valence-electron chi connectivity index (χ3n) is 3.07. The van der Waals surface area contributed by atoms with Crippen LogP contribution in [0.3, 0.4) is 0 Å². The van der Waals surface area contributed by atoms with Crippen molar-refractivity contribution in [2.75, 3.05) is 6.54 Å². The number of hydrogen-bond donors (Lipinski definition) is 1. The van der Waals surface area contributed by atoms with Crippen molar-refractivity contribution in [2.45, 2.75) is 18.3 Å². The lowest BCUT2D eigenvalue weighted by atomic mass is 10.0. The van der Waals surface area contributed by atoms with Crippen LogP contribution < -0.4 is 0 Å². The van der Waals surface area contributed by atoms with Crippen LogP contribution in [0.15, 0.2) is 18.2 Å². The van der Waals surface area contributed by atoms with E-state index in [1.54, 1.807) is 6.92 Å². The van der Waals surface area contributed by atoms with E-state index in [1.807, 2.05) is 0 Å². The monoisotopic (exact) mass is 330 g/mol. The average Bonchev–Trinajstić information content (AvgIpc) is 2.72. The molecule has 2 atom stereocenters. The van der Waals surface area contributed by atoms with Crippen molar-refractivity contribution in [1.29, 1.82) is 0 Å². The molecule has 0 unspecified atom stereocenters. The molecule has 0 bridgehead atoms. The number of aliphatic hydroxyl groups excluding tert-OH is 1. The van der Waals surface area contributed by atoms with Gasteiger partial charge in [0.1, 0.15) is 16.4 Å². The second-order valence-electron chi connectivity index (χ2n) is 4.30. The molecule has 0 aromatic heterocycles. The first-order valence-electron chi connectivity index (χ1n) is 6.00. The zero-order chi connectivity index (χ0) is 15.7. The Morgan fingerprint density at radius 3 is 2.71 bits per heavy atom. The van der Waals surface area contributed by atoms with Crippen molar-refractivity contribution in [3.05, 3.63) is 38.9 Å². The van der Waals surface area contributed by atoms with Crippen LogP contribution in [0.5, 0.6) is 0 Å². The second-order valence-corrected chi connectivity index (χ2v) is 5.80. The number of nitrogens with zero attached hydrogens (tertiary/aromatic N) is 2. The topological polar surface area (TPSA) is 101 Å². The molecule has 1 saturated heterocycles. The lowest BCUT2D eigenvalue weighted by Crippen LogP contribution is -2.33. The Bertz CT molecular complexity index is 624. The summed E-state index contributed by atoms with van der Waals surface area (Å²) in [5.41, 5.74) is -0.190. The standard InChI is InChI=1S/C12H11ClN2O5S/c1-2-14-11(17)10(21-12(14)18)9(16)6-3-4-7(13)8(5-6)15(19)20/h3-5,9-10,16H,2H2,1H3/t9-,10-/m0/s1. The molecule has 1 aliphatic rings. The number of halogens is 1. The van der Waals surface area contributed by atoms with Crippen LogP contribution >= 0.6 is 23.4 Å². The predicted octanol–water partition coefficient (Wildman–Crippen LogP) is 2.37. The van der Waals surface area contributed by atoms with Crippen molar-refractivity contribution in [3.63, 3.8) is 0 Å². The summed E-state index contributed by atoms with van der Waals surface area (Å²) in [5, 5.41) is 19.6. The van der Waals surface area contributed by atoms with Gasteiger partial charge in [0.15, 0.2) is 0 Å². The summed E-state index contributed by atoms with van der Waals surface area (Å²) >= 11 is 6.41. The van der Waals surface area contributed by atoms with E-state index >= 15 is 0 Å². The lowest BCUT2D eigenvalue weighted by molar-refractivity contribution is -0.384. The van der Waals surface area contributed by atoms with Crippen molar-refractivity contribution >= 4 is 40.2 Å². The zero-order valence-electron chi connectivity index (χ0n) is 10.9. The van der Waals surface area contributed by atoms with E-state index in [0.717, 1.165) is 11.0 Å². The fourth-order valence-corrected chi connectivity index (χ4v) is 3.24. The summed E-state index contributed by atoms with van der Waals surface area (Å²) < 4.78 is 0. The highest BCUT2D eigenvalue weighted by Gasteiger charge is 2.43. The highest BCUT2D eigenvalue weighted by atomic mass is 35.5. The summed E-state index contributed by atoms with van der Waals surface area (Å²) in [5.74, 6) is -0.502. The number of carbonyl (C=O) groups is 2. The summed E-state index contributed by atoms with van der Waals surface area (Å²) in [6.07, 6.45) is -1.32. The zero-order valence-corrected chi connectivity index (χ0v) is 12.4. The van der Waals surface area contributed by atoms with Gasteiger partial charge in [-0.05, 0) is 30.3 Å². The first kappa shape index (κ1) is 15.7. The van der Waals surface area contributed by atoms with Crippen LogP contribution in [0.4, 0.5) is 10.5 Å². The van der Waals surface area contributed by atoms with Crippen molar-refractivity contribution in [2.24, 2.45) is 0 Å². The molecule has 21 heavy (non-hydrogen) atoms. The van der Waals surface area contributed by atoms with Gasteiger partial charge in [0.05, 0.1) is 4.92 Å². The van der Waals surface area contributed by atoms with E-state index in [9.17, 15) is 24.8 Å². The Labute approximate surface area is 129 Å². The van der Waals surface area contributed by atoms with Gasteiger partial charge in [-0.2, -0.15) is 0 Å². The van der Waals surface area contributed by atoms with E-state index in [0.29, 0.717) is 11.8 Å². The Balaban J connectivity index is 2.31. The Hall–Kier alpha value is -1.64. The fourth-order valence-electron chi connectivity index (χ4n) is 1.98. The van der Waals surface area contributed by atoms with Gasteiger partial charge in [-0.15, -0.1) is 0 Å². The largest absolute Gasteiger partial charge is 0.387 e. The SMILES string of the molecule is CCN1C(=O)S[C@@H]([C@@H](O)c2ccc(Cl)c([N+](=O)[O-])c2)C1=O. The van der Waals surface area contributed by atoms with Crippen LogP contribution in [-0.4, -0.2) is 37.9 Å². The number of imide groups is 1. The van der Waals surface area contributed by atoms with Gasteiger partial charge in [-0.25, -0.2) is 0 Å². The number of carbonyl (C=O) groups excluding carboxylic acids is 2. The maximum absolute atomic E-state index is 12.0. The normalized spacial score (nSPS) is 20.0. The molecule has 0 radical (unpaired) electrons. The molecule has 0 saturated carbocycles. The Morgan fingerprint density at radius 1 is 1.52 bits per heavy atom. The minimum absolute atomic E-state index is 0.0624. The molecule has 1 heterocycles. The minimum Gasteiger partial charge on any atom is -0.387 e. The summed E-state index contributed by atoms with van der Waals surface area (Å²) in [4.78, 5) is 34.8. The van der Waals surface area contributed by atoms with Gasteiger partial charge in [0.25, 0.3) is 10.9 Å². The Morgan fingerprint density at radius 2 is 2.19 bits per heavy atom. The molecular formula is C12H11ClN2O5S. The van der Waals surface area contributed by atoms with Crippen molar-refractivity contribution in [3.8, 4) is 0 Å². The van der Waals surface area contributed by atoms with E-state index in [4.69, 9.17) is 11.6 Å². The average molecular weight is 331 g/mol. The quantitative estimate of drug-likeness (QED) is 0.671. The van der Waals surface area contributed by atoms with E-state index < -0.39 is 27.4 Å². The molecule has 1 fully saturated rings. The van der Waals surface area contributed by atoms with Gasteiger partial charge in [0, 0.05) is 12.6 Å². The number of amides is 2. The van der Waals surface area contributed by atoms with Crippen LogP contribution in [0.1, 0.15) is 18.6 Å². The van der Waals surface area contributed by atoms with Gasteiger partial charge < -0.3 is 5.11 Å². The number of thioether (sulfide) groups is 1. The first-order chi connectivity index (χ1) is 9.86. The summed E-state index contributed by atoms with van der Waals surface area (Å²) in [6, 6.07) is 3.79. The van der Waals surface area contributed by atoms with Crippen LogP contribution in [-0.2, 0) is 4.79 Å². The molecule has 0 spiro atoms. The molecule has 112 valence electrons. The highest BCUT2D eigenvalue weighted by Crippen LogP contribution is 2.37. The number of benzene rings is 1. The van der Waals surface area contributed by atoms with E-state index in [1.165, 1.54) is 12.1 Å². The molecular weight excluding hydrogens is 320 g/mol. The maximum Gasteiger partial charge on any atom is 0.289 e. The predicted molar refractivity (Wildman–Crippen MR) is 77.2 cm³/mol. The van der Waals surface area contributed by atoms with Gasteiger partial charge in [-0.1, -0.05) is 17.7 Å². The third-order valence-corrected chi connectivity index (χ3v) is 4.52. The number of rotatable bonds is 4. The van der Waals surface area contributed by atoms with Crippen molar-refractivity contribution < 1.29 is 19.6 Å². The lowest BCUT2D eigenvalue weighted by Gasteiger charge is -2.16. The molecule has 0 aliphatic carbocycles. The smallest absolute Gasteiger partial charge is 0.289 e. The van der Waals surface area contributed by atoms with Crippen molar-refractivity contribution in [1.82, 2.24) is 4.90 Å². The van der Waals surface area contributed by atoms with Crippen LogP contribution in [0, 0.1) is 10.1 Å². The summed E-state index contributed by atoms with van der Waals surface area (Å²) in [7, 11) is 0. The summed E-state index contributed by atoms with van der Waals surface area (Å²) in [6.45, 7) is 1.87. The molecule has 7 nitrogen and oxygen atoms in total.